The molecule has 0 atom stereocenters. The first-order valence-corrected chi connectivity index (χ1v) is 8.30. The van der Waals surface area contributed by atoms with Gasteiger partial charge in [0, 0.05) is 31.5 Å². The number of anilines is 2. The first kappa shape index (κ1) is 16.2. The lowest BCUT2D eigenvalue weighted by atomic mass is 10.3. The van der Waals surface area contributed by atoms with Crippen LogP contribution in [0.2, 0.25) is 0 Å². The van der Waals surface area contributed by atoms with Gasteiger partial charge < -0.3 is 15.2 Å². The largest absolute Gasteiger partial charge is 0.368 e. The summed E-state index contributed by atoms with van der Waals surface area (Å²) < 4.78 is 2.06. The average molecular weight is 325 g/mol. The molecular weight excluding hydrogens is 302 g/mol. The fraction of sp³-hybridized carbons (Fsp3) is 0.412. The molecule has 0 saturated heterocycles. The summed E-state index contributed by atoms with van der Waals surface area (Å²) in [5.41, 5.74) is 2.73. The Hall–Kier alpha value is -2.70. The molecule has 7 heteroatoms. The molecule has 126 valence electrons. The van der Waals surface area contributed by atoms with E-state index < -0.39 is 0 Å². The number of rotatable bonds is 7. The zero-order chi connectivity index (χ0) is 16.9. The first-order valence-electron chi connectivity index (χ1n) is 8.30. The van der Waals surface area contributed by atoms with Crippen molar-refractivity contribution in [2.75, 3.05) is 17.2 Å². The normalized spacial score (nSPS) is 11.2. The van der Waals surface area contributed by atoms with Crippen LogP contribution in [0.5, 0.6) is 0 Å². The standard InChI is InChI=1S/C17H23N7/c1-4-7-19-15-14-16(24(11-21-14)12(2)3)23-17(22-15)20-10-13-6-5-8-18-9-13/h5-6,8-9,11-12H,4,7,10H2,1-3H3,(H2,19,20,22,23). The molecule has 0 amide bonds. The van der Waals surface area contributed by atoms with E-state index >= 15 is 0 Å². The van der Waals surface area contributed by atoms with Gasteiger partial charge in [-0.2, -0.15) is 9.97 Å². The van der Waals surface area contributed by atoms with E-state index in [0.29, 0.717) is 12.5 Å². The molecule has 7 nitrogen and oxygen atoms in total. The maximum atomic E-state index is 4.66. The van der Waals surface area contributed by atoms with E-state index in [1.54, 1.807) is 6.20 Å². The molecule has 0 fully saturated rings. The van der Waals surface area contributed by atoms with Gasteiger partial charge in [0.1, 0.15) is 0 Å². The van der Waals surface area contributed by atoms with E-state index in [4.69, 9.17) is 0 Å². The zero-order valence-corrected chi connectivity index (χ0v) is 14.3. The lowest BCUT2D eigenvalue weighted by molar-refractivity contribution is 0.613. The summed E-state index contributed by atoms with van der Waals surface area (Å²) in [7, 11) is 0. The third-order valence-electron chi connectivity index (χ3n) is 3.69. The molecule has 0 spiro atoms. The number of hydrogen-bond donors (Lipinski definition) is 2. The highest BCUT2D eigenvalue weighted by atomic mass is 15.2. The SMILES string of the molecule is CCCNc1nc(NCc2cccnc2)nc2c1ncn2C(C)C. The Bertz CT molecular complexity index is 795. The monoisotopic (exact) mass is 325 g/mol. The van der Waals surface area contributed by atoms with Gasteiger partial charge in [-0.25, -0.2) is 4.98 Å². The highest BCUT2D eigenvalue weighted by Crippen LogP contribution is 2.23. The Morgan fingerprint density at radius 2 is 2.08 bits per heavy atom. The molecule has 0 bridgehead atoms. The second kappa shape index (κ2) is 7.25. The van der Waals surface area contributed by atoms with Gasteiger partial charge in [-0.15, -0.1) is 0 Å². The predicted molar refractivity (Wildman–Crippen MR) is 96.1 cm³/mol. The smallest absolute Gasteiger partial charge is 0.227 e. The van der Waals surface area contributed by atoms with Gasteiger partial charge in [-0.3, -0.25) is 4.98 Å². The predicted octanol–water partition coefficient (Wildman–Crippen LogP) is 3.24. The van der Waals surface area contributed by atoms with E-state index in [2.05, 4.69) is 55.9 Å². The Balaban J connectivity index is 1.92. The van der Waals surface area contributed by atoms with Crippen LogP contribution >= 0.6 is 0 Å². The third kappa shape index (κ3) is 3.45. The van der Waals surface area contributed by atoms with Crippen molar-refractivity contribution in [3.8, 4) is 0 Å². The molecule has 0 aromatic carbocycles. The minimum atomic E-state index is 0.287. The number of imidazole rings is 1. The van der Waals surface area contributed by atoms with Crippen LogP contribution in [0.25, 0.3) is 11.2 Å². The van der Waals surface area contributed by atoms with Crippen LogP contribution in [0.15, 0.2) is 30.9 Å². The summed E-state index contributed by atoms with van der Waals surface area (Å²) in [5, 5.41) is 6.63. The Labute approximate surface area is 141 Å². The Morgan fingerprint density at radius 3 is 2.79 bits per heavy atom. The highest BCUT2D eigenvalue weighted by molar-refractivity contribution is 5.84. The Kier molecular flexibility index (Phi) is 4.88. The van der Waals surface area contributed by atoms with E-state index in [1.807, 2.05) is 24.7 Å². The number of nitrogens with zero attached hydrogens (tertiary/aromatic N) is 5. The van der Waals surface area contributed by atoms with Crippen molar-refractivity contribution in [2.45, 2.75) is 39.8 Å². The van der Waals surface area contributed by atoms with Crippen LogP contribution in [0.3, 0.4) is 0 Å². The van der Waals surface area contributed by atoms with Gasteiger partial charge in [0.15, 0.2) is 17.0 Å². The number of aromatic nitrogens is 5. The molecule has 0 saturated carbocycles. The van der Waals surface area contributed by atoms with E-state index in [1.165, 1.54) is 0 Å². The molecule has 0 aliphatic rings. The summed E-state index contributed by atoms with van der Waals surface area (Å²) in [6, 6.07) is 4.23. The zero-order valence-electron chi connectivity index (χ0n) is 14.3. The summed E-state index contributed by atoms with van der Waals surface area (Å²) in [6.07, 6.45) is 6.45. The number of fused-ring (bicyclic) bond motifs is 1. The van der Waals surface area contributed by atoms with Crippen molar-refractivity contribution in [3.05, 3.63) is 36.4 Å². The fourth-order valence-electron chi connectivity index (χ4n) is 2.42. The van der Waals surface area contributed by atoms with Gasteiger partial charge >= 0.3 is 0 Å². The van der Waals surface area contributed by atoms with Crippen LogP contribution < -0.4 is 10.6 Å². The quantitative estimate of drug-likeness (QED) is 0.694. The second-order valence-electron chi connectivity index (χ2n) is 5.96. The number of pyridine rings is 1. The van der Waals surface area contributed by atoms with Crippen LogP contribution in [-0.2, 0) is 6.54 Å². The summed E-state index contributed by atoms with van der Waals surface area (Å²) >= 11 is 0. The van der Waals surface area contributed by atoms with Crippen molar-refractivity contribution in [1.29, 1.82) is 0 Å². The molecular formula is C17H23N7. The van der Waals surface area contributed by atoms with Crippen LogP contribution in [0.4, 0.5) is 11.8 Å². The lowest BCUT2D eigenvalue weighted by Gasteiger charge is -2.11. The number of nitrogens with one attached hydrogen (secondary N) is 2. The molecule has 0 unspecified atom stereocenters. The maximum Gasteiger partial charge on any atom is 0.227 e. The van der Waals surface area contributed by atoms with Crippen LogP contribution in [0.1, 0.15) is 38.8 Å². The van der Waals surface area contributed by atoms with Crippen molar-refractivity contribution in [1.82, 2.24) is 24.5 Å². The lowest BCUT2D eigenvalue weighted by Crippen LogP contribution is -2.10. The van der Waals surface area contributed by atoms with Crippen molar-refractivity contribution < 1.29 is 0 Å². The topological polar surface area (TPSA) is 80.6 Å². The number of hydrogen-bond acceptors (Lipinski definition) is 6. The molecule has 0 radical (unpaired) electrons. The van der Waals surface area contributed by atoms with Crippen LogP contribution in [0, 0.1) is 0 Å². The maximum absolute atomic E-state index is 4.66. The van der Waals surface area contributed by atoms with Crippen LogP contribution in [-0.4, -0.2) is 31.0 Å². The molecule has 2 N–H and O–H groups in total. The van der Waals surface area contributed by atoms with E-state index in [9.17, 15) is 0 Å². The van der Waals surface area contributed by atoms with E-state index in [0.717, 1.165) is 35.5 Å². The van der Waals surface area contributed by atoms with Crippen molar-refractivity contribution in [3.63, 3.8) is 0 Å². The minimum absolute atomic E-state index is 0.287. The van der Waals surface area contributed by atoms with E-state index in [-0.39, 0.29) is 6.04 Å². The average Bonchev–Trinajstić information content (AvgIpc) is 3.03. The molecule has 3 heterocycles. The van der Waals surface area contributed by atoms with Gasteiger partial charge in [0.25, 0.3) is 0 Å². The first-order chi connectivity index (χ1) is 11.7. The molecule has 3 aromatic heterocycles. The Morgan fingerprint density at radius 1 is 1.21 bits per heavy atom. The van der Waals surface area contributed by atoms with Crippen molar-refractivity contribution >= 4 is 22.9 Å². The van der Waals surface area contributed by atoms with Gasteiger partial charge in [0.2, 0.25) is 5.95 Å². The molecule has 24 heavy (non-hydrogen) atoms. The summed E-state index contributed by atoms with van der Waals surface area (Å²) in [5.74, 6) is 1.36. The minimum Gasteiger partial charge on any atom is -0.368 e. The fourth-order valence-corrected chi connectivity index (χ4v) is 2.42. The molecule has 3 rings (SSSR count). The van der Waals surface area contributed by atoms with Gasteiger partial charge in [-0.05, 0) is 31.9 Å². The van der Waals surface area contributed by atoms with Gasteiger partial charge in [-0.1, -0.05) is 13.0 Å². The third-order valence-corrected chi connectivity index (χ3v) is 3.69. The summed E-state index contributed by atoms with van der Waals surface area (Å²) in [4.78, 5) is 17.9. The second-order valence-corrected chi connectivity index (χ2v) is 5.96. The van der Waals surface area contributed by atoms with Gasteiger partial charge in [0.05, 0.1) is 6.33 Å². The molecule has 3 aromatic rings. The summed E-state index contributed by atoms with van der Waals surface area (Å²) in [6.45, 7) is 7.83. The molecule has 0 aliphatic carbocycles. The molecule has 0 aliphatic heterocycles. The highest BCUT2D eigenvalue weighted by Gasteiger charge is 2.14. The van der Waals surface area contributed by atoms with Crippen molar-refractivity contribution in [2.24, 2.45) is 0 Å².